The summed E-state index contributed by atoms with van der Waals surface area (Å²) in [5, 5.41) is 7.34. The Kier molecular flexibility index (Phi) is 6.43. The lowest BCUT2D eigenvalue weighted by atomic mass is 9.74. The molecule has 2 atom stereocenters. The highest BCUT2D eigenvalue weighted by Crippen LogP contribution is 2.46. The second-order valence-electron chi connectivity index (χ2n) is 11.3. The Labute approximate surface area is 214 Å². The van der Waals surface area contributed by atoms with E-state index in [9.17, 15) is 4.79 Å². The fourth-order valence-corrected chi connectivity index (χ4v) is 7.48. The van der Waals surface area contributed by atoms with E-state index in [2.05, 4.69) is 64.8 Å². The molecule has 4 heterocycles. The van der Waals surface area contributed by atoms with Crippen LogP contribution in [0.4, 0.5) is 0 Å². The Morgan fingerprint density at radius 3 is 2.22 bits per heavy atom. The van der Waals surface area contributed by atoms with Gasteiger partial charge in [-0.2, -0.15) is 5.10 Å². The zero-order valence-corrected chi connectivity index (χ0v) is 21.1. The summed E-state index contributed by atoms with van der Waals surface area (Å²) in [6.07, 6.45) is 12.6. The van der Waals surface area contributed by atoms with E-state index in [0.717, 1.165) is 68.2 Å². The number of benzene rings is 2. The number of aromatic amines is 1. The van der Waals surface area contributed by atoms with E-state index >= 15 is 0 Å². The Morgan fingerprint density at radius 1 is 0.917 bits per heavy atom. The summed E-state index contributed by atoms with van der Waals surface area (Å²) in [6, 6.07) is 21.5. The van der Waals surface area contributed by atoms with Crippen LogP contribution in [0.1, 0.15) is 74.1 Å². The largest absolute Gasteiger partial charge is 0.455 e. The van der Waals surface area contributed by atoms with Crippen LogP contribution in [-0.2, 0) is 14.9 Å². The third-order valence-electron chi connectivity index (χ3n) is 9.39. The molecule has 0 amide bonds. The molecule has 7 rings (SSSR count). The van der Waals surface area contributed by atoms with Gasteiger partial charge in [-0.25, -0.2) is 0 Å². The van der Waals surface area contributed by atoms with Crippen LogP contribution in [0.25, 0.3) is 0 Å². The maximum absolute atomic E-state index is 14.1. The van der Waals surface area contributed by atoms with Gasteiger partial charge in [-0.15, -0.1) is 0 Å². The predicted octanol–water partition coefficient (Wildman–Crippen LogP) is 5.94. The Bertz CT molecular complexity index is 1130. The molecule has 4 fully saturated rings. The SMILES string of the molecule is O=C(O[C@H]1C[N+]2(C(c3ccccc3)c3cn[nH]c3)CCC1CC2)C1(c2ccccc2)CCCCCC1. The lowest BCUT2D eigenvalue weighted by Gasteiger charge is -2.55. The van der Waals surface area contributed by atoms with Gasteiger partial charge in [0.2, 0.25) is 0 Å². The van der Waals surface area contributed by atoms with E-state index in [1.165, 1.54) is 24.0 Å². The first-order chi connectivity index (χ1) is 17.7. The molecule has 0 spiro atoms. The summed E-state index contributed by atoms with van der Waals surface area (Å²) in [5.41, 5.74) is 3.17. The fourth-order valence-electron chi connectivity index (χ4n) is 7.48. The number of quaternary nitrogens is 1. The van der Waals surface area contributed by atoms with Crippen molar-refractivity contribution in [2.75, 3.05) is 19.6 Å². The van der Waals surface area contributed by atoms with Gasteiger partial charge in [-0.05, 0) is 18.4 Å². The molecule has 1 N–H and O–H groups in total. The summed E-state index contributed by atoms with van der Waals surface area (Å²) in [4.78, 5) is 14.1. The normalized spacial score (nSPS) is 28.2. The maximum atomic E-state index is 14.1. The minimum atomic E-state index is -0.502. The summed E-state index contributed by atoms with van der Waals surface area (Å²) >= 11 is 0. The highest BCUT2D eigenvalue weighted by Gasteiger charge is 2.53. The molecule has 2 bridgehead atoms. The van der Waals surface area contributed by atoms with Crippen molar-refractivity contribution in [2.24, 2.45) is 5.92 Å². The quantitative estimate of drug-likeness (QED) is 0.267. The molecule has 5 nitrogen and oxygen atoms in total. The Morgan fingerprint density at radius 2 is 1.58 bits per heavy atom. The summed E-state index contributed by atoms with van der Waals surface area (Å²) in [6.45, 7) is 3.12. The third-order valence-corrected chi connectivity index (χ3v) is 9.39. The van der Waals surface area contributed by atoms with Gasteiger partial charge in [0.1, 0.15) is 12.6 Å². The Hall–Kier alpha value is -2.92. The van der Waals surface area contributed by atoms with Gasteiger partial charge >= 0.3 is 5.97 Å². The maximum Gasteiger partial charge on any atom is 0.317 e. The fraction of sp³-hybridized carbons (Fsp3) is 0.484. The number of carbonyl (C=O) groups excluding carboxylic acids is 1. The number of aromatic nitrogens is 2. The van der Waals surface area contributed by atoms with Crippen LogP contribution in [0, 0.1) is 5.92 Å². The first kappa shape index (κ1) is 23.5. The molecule has 3 saturated heterocycles. The van der Waals surface area contributed by atoms with Crippen molar-refractivity contribution in [1.29, 1.82) is 0 Å². The molecular weight excluding hydrogens is 446 g/mol. The molecule has 1 saturated carbocycles. The number of piperidine rings is 3. The monoisotopic (exact) mass is 484 g/mol. The van der Waals surface area contributed by atoms with Crippen LogP contribution in [0.3, 0.4) is 0 Å². The van der Waals surface area contributed by atoms with Crippen LogP contribution in [0.15, 0.2) is 73.1 Å². The number of H-pyrrole nitrogens is 1. The van der Waals surface area contributed by atoms with E-state index in [0.29, 0.717) is 5.92 Å². The molecule has 36 heavy (non-hydrogen) atoms. The standard InChI is InChI=1S/C31H38N3O2/c35-30(31(17-9-1-2-10-18-31)27-13-7-4-8-14-27)36-28-23-34(19-15-24(28)16-20-34)29(26-21-32-33-22-26)25-11-5-3-6-12-25/h3-8,11-14,21-22,24,28-29H,1-2,9-10,15-20,23H2,(H,32,33)/q+1/t24?,28-,29?,34?/m0/s1. The number of rotatable bonds is 6. The number of ether oxygens (including phenoxy) is 1. The van der Waals surface area contributed by atoms with Crippen molar-refractivity contribution < 1.29 is 14.0 Å². The molecule has 3 aromatic rings. The van der Waals surface area contributed by atoms with Crippen LogP contribution in [0.5, 0.6) is 0 Å². The highest BCUT2D eigenvalue weighted by molar-refractivity contribution is 5.83. The molecule has 4 aliphatic rings. The molecule has 3 aliphatic heterocycles. The van der Waals surface area contributed by atoms with Gasteiger partial charge in [-0.3, -0.25) is 9.89 Å². The first-order valence-electron chi connectivity index (χ1n) is 13.9. The van der Waals surface area contributed by atoms with E-state index in [4.69, 9.17) is 4.74 Å². The third kappa shape index (κ3) is 4.17. The van der Waals surface area contributed by atoms with Crippen LogP contribution in [-0.4, -0.2) is 46.4 Å². The number of hydrogen-bond acceptors (Lipinski definition) is 3. The number of hydrogen-bond donors (Lipinski definition) is 1. The molecule has 188 valence electrons. The number of fused-ring (bicyclic) bond motifs is 3. The second kappa shape index (κ2) is 9.85. The number of carbonyl (C=O) groups is 1. The van der Waals surface area contributed by atoms with Gasteiger partial charge in [0.25, 0.3) is 0 Å². The van der Waals surface area contributed by atoms with Gasteiger partial charge in [-0.1, -0.05) is 86.3 Å². The predicted molar refractivity (Wildman–Crippen MR) is 140 cm³/mol. The van der Waals surface area contributed by atoms with Crippen LogP contribution < -0.4 is 0 Å². The molecule has 1 unspecified atom stereocenters. The number of nitrogens with zero attached hydrogens (tertiary/aromatic N) is 2. The Balaban J connectivity index is 1.30. The molecule has 5 heteroatoms. The minimum absolute atomic E-state index is 0.0204. The zero-order valence-electron chi connectivity index (χ0n) is 21.1. The van der Waals surface area contributed by atoms with Gasteiger partial charge < -0.3 is 9.22 Å². The van der Waals surface area contributed by atoms with Crippen molar-refractivity contribution in [3.8, 4) is 0 Å². The minimum Gasteiger partial charge on any atom is -0.455 e. The summed E-state index contributed by atoms with van der Waals surface area (Å²) in [5.74, 6) is 0.486. The highest BCUT2D eigenvalue weighted by atomic mass is 16.5. The summed E-state index contributed by atoms with van der Waals surface area (Å²) < 4.78 is 7.57. The molecule has 1 aliphatic carbocycles. The number of nitrogens with one attached hydrogen (secondary N) is 1. The average Bonchev–Trinajstić information content (AvgIpc) is 3.33. The molecular formula is C31H38N3O2+. The second-order valence-corrected chi connectivity index (χ2v) is 11.3. The van der Waals surface area contributed by atoms with E-state index in [-0.39, 0.29) is 18.1 Å². The van der Waals surface area contributed by atoms with Crippen molar-refractivity contribution in [3.05, 3.63) is 89.7 Å². The topological polar surface area (TPSA) is 55.0 Å². The molecule has 1 aromatic heterocycles. The van der Waals surface area contributed by atoms with Crippen molar-refractivity contribution in [2.45, 2.75) is 68.9 Å². The van der Waals surface area contributed by atoms with Gasteiger partial charge in [0.05, 0.1) is 30.3 Å². The molecule has 2 aromatic carbocycles. The van der Waals surface area contributed by atoms with Gasteiger partial charge in [0.15, 0.2) is 6.10 Å². The lowest BCUT2D eigenvalue weighted by molar-refractivity contribution is -0.968. The van der Waals surface area contributed by atoms with Crippen molar-refractivity contribution in [1.82, 2.24) is 10.2 Å². The summed E-state index contributed by atoms with van der Waals surface area (Å²) in [7, 11) is 0. The number of esters is 1. The van der Waals surface area contributed by atoms with Crippen LogP contribution >= 0.6 is 0 Å². The van der Waals surface area contributed by atoms with Crippen molar-refractivity contribution >= 4 is 5.97 Å². The smallest absolute Gasteiger partial charge is 0.317 e. The first-order valence-corrected chi connectivity index (χ1v) is 13.9. The van der Waals surface area contributed by atoms with E-state index < -0.39 is 5.41 Å². The van der Waals surface area contributed by atoms with E-state index in [1.807, 2.05) is 18.5 Å². The van der Waals surface area contributed by atoms with E-state index in [1.54, 1.807) is 0 Å². The van der Waals surface area contributed by atoms with Gasteiger partial charge in [0, 0.05) is 30.5 Å². The van der Waals surface area contributed by atoms with Crippen molar-refractivity contribution in [3.63, 3.8) is 0 Å². The molecule has 0 radical (unpaired) electrons. The van der Waals surface area contributed by atoms with Crippen LogP contribution in [0.2, 0.25) is 0 Å². The lowest BCUT2D eigenvalue weighted by Crippen LogP contribution is -2.66. The average molecular weight is 485 g/mol. The zero-order chi connectivity index (χ0) is 24.4.